The van der Waals surface area contributed by atoms with Crippen molar-refractivity contribution in [3.63, 3.8) is 0 Å². The Morgan fingerprint density at radius 3 is 2.39 bits per heavy atom. The number of allylic oxidation sites excluding steroid dienone is 1. The second kappa shape index (κ2) is 4.47. The smallest absolute Gasteiger partial charge is 0.207 e. The molecule has 3 unspecified atom stereocenters. The zero-order valence-corrected chi connectivity index (χ0v) is 12.1. The molecule has 1 aromatic rings. The lowest BCUT2D eigenvalue weighted by Gasteiger charge is -2.19. The summed E-state index contributed by atoms with van der Waals surface area (Å²) in [5.74, 6) is 0.938. The summed E-state index contributed by atoms with van der Waals surface area (Å²) in [6, 6.07) is 6.80. The molecule has 3 atom stereocenters. The molecule has 0 saturated heterocycles. The van der Waals surface area contributed by atoms with Gasteiger partial charge in [-0.15, -0.1) is 0 Å². The van der Waals surface area contributed by atoms with Gasteiger partial charge < -0.3 is 0 Å². The van der Waals surface area contributed by atoms with E-state index in [4.69, 9.17) is 0 Å². The molecule has 1 aromatic carbocycles. The molecule has 18 heavy (non-hydrogen) atoms. The topological polar surface area (TPSA) is 46.2 Å². The average molecular weight is 328 g/mol. The summed E-state index contributed by atoms with van der Waals surface area (Å²) in [4.78, 5) is 0.331. The van der Waals surface area contributed by atoms with Crippen LogP contribution in [0.3, 0.4) is 0 Å². The van der Waals surface area contributed by atoms with Gasteiger partial charge in [-0.3, -0.25) is 0 Å². The maximum atomic E-state index is 12.2. The first-order valence-corrected chi connectivity index (χ1v) is 8.28. The van der Waals surface area contributed by atoms with E-state index in [1.54, 1.807) is 24.3 Å². The van der Waals surface area contributed by atoms with Crippen LogP contribution >= 0.6 is 15.9 Å². The van der Waals surface area contributed by atoms with Gasteiger partial charge in [0.05, 0.1) is 4.90 Å². The first kappa shape index (κ1) is 12.4. The van der Waals surface area contributed by atoms with Crippen molar-refractivity contribution in [3.05, 3.63) is 40.9 Å². The number of rotatable bonds is 3. The molecule has 2 bridgehead atoms. The number of benzene rings is 1. The summed E-state index contributed by atoms with van der Waals surface area (Å²) >= 11 is 3.30. The predicted molar refractivity (Wildman–Crippen MR) is 73.6 cm³/mol. The minimum atomic E-state index is -3.39. The van der Waals surface area contributed by atoms with E-state index in [1.807, 2.05) is 0 Å². The molecule has 0 aromatic heterocycles. The zero-order valence-electron chi connectivity index (χ0n) is 9.71. The minimum Gasteiger partial charge on any atom is -0.207 e. The van der Waals surface area contributed by atoms with Crippen LogP contribution in [0.2, 0.25) is 0 Å². The monoisotopic (exact) mass is 327 g/mol. The molecule has 96 valence electrons. The van der Waals surface area contributed by atoms with Crippen LogP contribution in [0.4, 0.5) is 0 Å². The van der Waals surface area contributed by atoms with E-state index in [9.17, 15) is 8.42 Å². The van der Waals surface area contributed by atoms with Crippen LogP contribution in [0.5, 0.6) is 0 Å². The normalized spacial score (nSPS) is 29.9. The van der Waals surface area contributed by atoms with Gasteiger partial charge in [0.2, 0.25) is 10.0 Å². The quantitative estimate of drug-likeness (QED) is 0.867. The lowest BCUT2D eigenvalue weighted by molar-refractivity contribution is 0.503. The third-order valence-electron chi connectivity index (χ3n) is 3.71. The first-order valence-electron chi connectivity index (χ1n) is 6.01. The van der Waals surface area contributed by atoms with Crippen LogP contribution < -0.4 is 4.72 Å². The lowest BCUT2D eigenvalue weighted by atomic mass is 10.0. The molecule has 0 heterocycles. The molecular formula is C13H14BrNO2S. The molecule has 0 aliphatic heterocycles. The summed E-state index contributed by atoms with van der Waals surface area (Å²) in [5.41, 5.74) is 0. The van der Waals surface area contributed by atoms with Crippen molar-refractivity contribution < 1.29 is 8.42 Å². The second-order valence-electron chi connectivity index (χ2n) is 4.96. The van der Waals surface area contributed by atoms with Crippen molar-refractivity contribution in [2.24, 2.45) is 11.8 Å². The summed E-state index contributed by atoms with van der Waals surface area (Å²) in [7, 11) is -3.39. The van der Waals surface area contributed by atoms with E-state index < -0.39 is 10.0 Å². The Hall–Kier alpha value is -0.650. The highest BCUT2D eigenvalue weighted by molar-refractivity contribution is 9.10. The Balaban J connectivity index is 1.79. The highest BCUT2D eigenvalue weighted by Gasteiger charge is 2.37. The van der Waals surface area contributed by atoms with E-state index in [-0.39, 0.29) is 6.04 Å². The molecule has 1 N–H and O–H groups in total. The molecule has 0 radical (unpaired) electrons. The van der Waals surface area contributed by atoms with Gasteiger partial charge in [-0.05, 0) is 48.9 Å². The number of sulfonamides is 1. The number of hydrogen-bond acceptors (Lipinski definition) is 2. The van der Waals surface area contributed by atoms with E-state index >= 15 is 0 Å². The summed E-state index contributed by atoms with van der Waals surface area (Å²) in [6.45, 7) is 0. The summed E-state index contributed by atoms with van der Waals surface area (Å²) < 4.78 is 28.2. The Labute approximate surface area is 115 Å². The number of halogens is 1. The van der Waals surface area contributed by atoms with Crippen molar-refractivity contribution >= 4 is 26.0 Å². The number of fused-ring (bicyclic) bond motifs is 2. The van der Waals surface area contributed by atoms with Crippen LogP contribution in [-0.2, 0) is 10.0 Å². The molecule has 2 aliphatic rings. The van der Waals surface area contributed by atoms with Gasteiger partial charge in [0, 0.05) is 10.5 Å². The van der Waals surface area contributed by atoms with Crippen molar-refractivity contribution in [3.8, 4) is 0 Å². The standard InChI is InChI=1S/C13H14BrNO2S/c14-11-3-5-12(6-4-11)18(16,17)15-13-8-9-1-2-10(13)7-9/h1-6,9-10,13,15H,7-8H2. The van der Waals surface area contributed by atoms with Crippen LogP contribution in [0, 0.1) is 11.8 Å². The van der Waals surface area contributed by atoms with E-state index in [1.165, 1.54) is 0 Å². The number of nitrogens with one attached hydrogen (secondary N) is 1. The fourth-order valence-electron chi connectivity index (χ4n) is 2.80. The summed E-state index contributed by atoms with van der Waals surface area (Å²) in [5, 5.41) is 0. The SMILES string of the molecule is O=S(=O)(NC1CC2C=CC1C2)c1ccc(Br)cc1. The molecular weight excluding hydrogens is 314 g/mol. The van der Waals surface area contributed by atoms with E-state index in [0.29, 0.717) is 16.7 Å². The van der Waals surface area contributed by atoms with E-state index in [0.717, 1.165) is 17.3 Å². The third kappa shape index (κ3) is 2.27. The molecule has 1 saturated carbocycles. The molecule has 1 fully saturated rings. The largest absolute Gasteiger partial charge is 0.240 e. The lowest BCUT2D eigenvalue weighted by Crippen LogP contribution is -2.37. The molecule has 0 spiro atoms. The minimum absolute atomic E-state index is 0.0636. The van der Waals surface area contributed by atoms with Crippen molar-refractivity contribution in [2.75, 3.05) is 0 Å². The van der Waals surface area contributed by atoms with Crippen LogP contribution in [0.15, 0.2) is 45.8 Å². The molecule has 0 amide bonds. The average Bonchev–Trinajstić information content (AvgIpc) is 2.91. The molecule has 3 nitrogen and oxygen atoms in total. The van der Waals surface area contributed by atoms with Crippen LogP contribution in [-0.4, -0.2) is 14.5 Å². The second-order valence-corrected chi connectivity index (χ2v) is 7.59. The fraction of sp³-hybridized carbons (Fsp3) is 0.385. The maximum absolute atomic E-state index is 12.2. The van der Waals surface area contributed by atoms with Crippen LogP contribution in [0.25, 0.3) is 0 Å². The zero-order chi connectivity index (χ0) is 12.8. The van der Waals surface area contributed by atoms with Crippen molar-refractivity contribution in [2.45, 2.75) is 23.8 Å². The van der Waals surface area contributed by atoms with E-state index in [2.05, 4.69) is 32.8 Å². The van der Waals surface area contributed by atoms with Gasteiger partial charge in [-0.1, -0.05) is 28.1 Å². The predicted octanol–water partition coefficient (Wildman–Crippen LogP) is 2.69. The van der Waals surface area contributed by atoms with Gasteiger partial charge in [0.25, 0.3) is 0 Å². The number of hydrogen-bond donors (Lipinski definition) is 1. The Kier molecular flexibility index (Phi) is 3.08. The first-order chi connectivity index (χ1) is 8.54. The Bertz CT molecular complexity index is 580. The van der Waals surface area contributed by atoms with Gasteiger partial charge in [0.1, 0.15) is 0 Å². The van der Waals surface area contributed by atoms with Gasteiger partial charge >= 0.3 is 0 Å². The summed E-state index contributed by atoms with van der Waals surface area (Å²) in [6.07, 6.45) is 6.36. The van der Waals surface area contributed by atoms with Gasteiger partial charge in [-0.2, -0.15) is 0 Å². The van der Waals surface area contributed by atoms with Crippen LogP contribution in [0.1, 0.15) is 12.8 Å². The Morgan fingerprint density at radius 1 is 1.11 bits per heavy atom. The van der Waals surface area contributed by atoms with Gasteiger partial charge in [-0.25, -0.2) is 13.1 Å². The fourth-order valence-corrected chi connectivity index (χ4v) is 4.36. The highest BCUT2D eigenvalue weighted by Crippen LogP contribution is 2.39. The molecule has 5 heteroatoms. The third-order valence-corrected chi connectivity index (χ3v) is 5.74. The van der Waals surface area contributed by atoms with Crippen molar-refractivity contribution in [1.29, 1.82) is 0 Å². The molecule has 3 rings (SSSR count). The van der Waals surface area contributed by atoms with Crippen molar-refractivity contribution in [1.82, 2.24) is 4.72 Å². The van der Waals surface area contributed by atoms with Gasteiger partial charge in [0.15, 0.2) is 0 Å². The maximum Gasteiger partial charge on any atom is 0.240 e. The molecule has 2 aliphatic carbocycles. The Morgan fingerprint density at radius 2 is 1.83 bits per heavy atom. The highest BCUT2D eigenvalue weighted by atomic mass is 79.9.